The summed E-state index contributed by atoms with van der Waals surface area (Å²) in [5, 5.41) is 0. The van der Waals surface area contributed by atoms with E-state index in [1.807, 2.05) is 6.07 Å². The zero-order valence-electron chi connectivity index (χ0n) is 8.39. The van der Waals surface area contributed by atoms with Crippen LogP contribution in [0.1, 0.15) is 5.56 Å². The van der Waals surface area contributed by atoms with Crippen molar-refractivity contribution in [2.24, 2.45) is 5.73 Å². The van der Waals surface area contributed by atoms with Crippen LogP contribution in [0, 0.1) is 5.82 Å². The second kappa shape index (κ2) is 5.38. The molecule has 2 rings (SSSR count). The largest absolute Gasteiger partial charge is 0.330 e. The van der Waals surface area contributed by atoms with Crippen molar-refractivity contribution >= 4 is 23.3 Å². The zero-order chi connectivity index (χ0) is 11.4. The lowest BCUT2D eigenvalue weighted by molar-refractivity contribution is 0.599. The van der Waals surface area contributed by atoms with Crippen LogP contribution < -0.4 is 5.73 Å². The average Bonchev–Trinajstić information content (AvgIpc) is 2.75. The molecule has 1 heterocycles. The Morgan fingerprint density at radius 2 is 2.31 bits per heavy atom. The molecule has 0 amide bonds. The van der Waals surface area contributed by atoms with E-state index in [1.54, 1.807) is 6.07 Å². The van der Waals surface area contributed by atoms with Gasteiger partial charge in [-0.15, -0.1) is 0 Å². The molecule has 1 aromatic heterocycles. The lowest BCUT2D eigenvalue weighted by Gasteiger charge is -2.03. The highest BCUT2D eigenvalue weighted by molar-refractivity contribution is 8.01. The van der Waals surface area contributed by atoms with Crippen molar-refractivity contribution in [2.75, 3.05) is 6.54 Å². The predicted molar refractivity (Wildman–Crippen MR) is 63.2 cm³/mol. The first kappa shape index (κ1) is 11.5. The Labute approximate surface area is 101 Å². The van der Waals surface area contributed by atoms with E-state index in [9.17, 15) is 4.39 Å². The number of halogens is 1. The van der Waals surface area contributed by atoms with E-state index < -0.39 is 0 Å². The van der Waals surface area contributed by atoms with Crippen LogP contribution in [0.3, 0.4) is 0 Å². The van der Waals surface area contributed by atoms with Gasteiger partial charge in [0.15, 0.2) is 4.34 Å². The number of nitrogens with zero attached hydrogens (tertiary/aromatic N) is 2. The highest BCUT2D eigenvalue weighted by atomic mass is 32.2. The summed E-state index contributed by atoms with van der Waals surface area (Å²) >= 11 is 2.54. The molecule has 0 aliphatic heterocycles. The van der Waals surface area contributed by atoms with Crippen molar-refractivity contribution in [3.05, 3.63) is 35.9 Å². The Morgan fingerprint density at radius 3 is 2.94 bits per heavy atom. The van der Waals surface area contributed by atoms with Gasteiger partial charge in [0.2, 0.25) is 0 Å². The Bertz CT molecular complexity index is 459. The lowest BCUT2D eigenvalue weighted by atomic mass is 10.1. The normalized spacial score (nSPS) is 10.6. The molecule has 3 nitrogen and oxygen atoms in total. The first-order valence-electron chi connectivity index (χ1n) is 4.72. The van der Waals surface area contributed by atoms with Crippen molar-refractivity contribution in [3.8, 4) is 0 Å². The molecular weight excluding hydrogens is 245 g/mol. The molecule has 0 unspecified atom stereocenters. The summed E-state index contributed by atoms with van der Waals surface area (Å²) in [4.78, 5) is 4.56. The van der Waals surface area contributed by atoms with Crippen LogP contribution in [0.25, 0.3) is 0 Å². The molecule has 2 aromatic rings. The monoisotopic (exact) mass is 255 g/mol. The van der Waals surface area contributed by atoms with Gasteiger partial charge >= 0.3 is 0 Å². The third kappa shape index (κ3) is 2.78. The van der Waals surface area contributed by atoms with Gasteiger partial charge in [-0.3, -0.25) is 0 Å². The van der Waals surface area contributed by atoms with Gasteiger partial charge in [-0.05, 0) is 42.2 Å². The molecule has 0 aliphatic carbocycles. The van der Waals surface area contributed by atoms with Gasteiger partial charge in [0.05, 0.1) is 4.90 Å². The lowest BCUT2D eigenvalue weighted by Crippen LogP contribution is -2.02. The SMILES string of the molecule is NCCc1ccc(Sc2ncns2)c(F)c1. The molecule has 0 aliphatic rings. The van der Waals surface area contributed by atoms with Gasteiger partial charge in [0.25, 0.3) is 0 Å². The van der Waals surface area contributed by atoms with E-state index in [4.69, 9.17) is 5.73 Å². The van der Waals surface area contributed by atoms with Crippen LogP contribution >= 0.6 is 23.3 Å². The van der Waals surface area contributed by atoms with Crippen molar-refractivity contribution in [1.29, 1.82) is 0 Å². The predicted octanol–water partition coefficient (Wildman–Crippen LogP) is 2.33. The number of hydrogen-bond acceptors (Lipinski definition) is 5. The van der Waals surface area contributed by atoms with Gasteiger partial charge in [-0.25, -0.2) is 9.37 Å². The topological polar surface area (TPSA) is 51.8 Å². The summed E-state index contributed by atoms with van der Waals surface area (Å²) in [5.41, 5.74) is 6.33. The molecule has 84 valence electrons. The molecular formula is C10H10FN3S2. The van der Waals surface area contributed by atoms with E-state index in [1.165, 1.54) is 35.7 Å². The molecule has 0 fully saturated rings. The maximum atomic E-state index is 13.7. The third-order valence-corrected chi connectivity index (χ3v) is 3.73. The highest BCUT2D eigenvalue weighted by Gasteiger charge is 2.07. The van der Waals surface area contributed by atoms with Crippen LogP contribution in [-0.2, 0) is 6.42 Å². The van der Waals surface area contributed by atoms with E-state index >= 15 is 0 Å². The molecule has 6 heteroatoms. The maximum Gasteiger partial charge on any atom is 0.174 e. The minimum Gasteiger partial charge on any atom is -0.330 e. The fourth-order valence-corrected chi connectivity index (χ4v) is 2.66. The number of benzene rings is 1. The van der Waals surface area contributed by atoms with Crippen molar-refractivity contribution in [3.63, 3.8) is 0 Å². The first-order chi connectivity index (χ1) is 7.79. The minimum atomic E-state index is -0.230. The molecule has 2 N–H and O–H groups in total. The Kier molecular flexibility index (Phi) is 3.87. The standard InChI is InChI=1S/C10H10FN3S2/c11-8-5-7(3-4-12)1-2-9(8)15-10-13-6-14-16-10/h1-2,5-6H,3-4,12H2. The number of nitrogens with two attached hydrogens (primary N) is 1. The number of aromatic nitrogens is 2. The van der Waals surface area contributed by atoms with Gasteiger partial charge in [-0.2, -0.15) is 4.37 Å². The van der Waals surface area contributed by atoms with E-state index in [2.05, 4.69) is 9.36 Å². The Morgan fingerprint density at radius 1 is 1.44 bits per heavy atom. The summed E-state index contributed by atoms with van der Waals surface area (Å²) in [6.07, 6.45) is 2.16. The Balaban J connectivity index is 2.16. The van der Waals surface area contributed by atoms with E-state index in [0.717, 1.165) is 9.90 Å². The maximum absolute atomic E-state index is 13.7. The number of rotatable bonds is 4. The molecule has 0 spiro atoms. The molecule has 1 aromatic carbocycles. The van der Waals surface area contributed by atoms with Crippen LogP contribution in [0.15, 0.2) is 33.8 Å². The molecule has 0 bridgehead atoms. The number of hydrogen-bond donors (Lipinski definition) is 1. The van der Waals surface area contributed by atoms with Gasteiger partial charge in [0, 0.05) is 0 Å². The zero-order valence-corrected chi connectivity index (χ0v) is 10.0. The Hall–Kier alpha value is -0.980. The second-order valence-corrected chi connectivity index (χ2v) is 5.18. The van der Waals surface area contributed by atoms with Crippen LogP contribution in [0.4, 0.5) is 4.39 Å². The van der Waals surface area contributed by atoms with Crippen molar-refractivity contribution in [1.82, 2.24) is 9.36 Å². The minimum absolute atomic E-state index is 0.230. The summed E-state index contributed by atoms with van der Waals surface area (Å²) in [7, 11) is 0. The summed E-state index contributed by atoms with van der Waals surface area (Å²) in [6, 6.07) is 5.17. The molecule has 16 heavy (non-hydrogen) atoms. The summed E-state index contributed by atoms with van der Waals surface area (Å²) in [5.74, 6) is -0.230. The van der Waals surface area contributed by atoms with Gasteiger partial charge < -0.3 is 5.73 Å². The smallest absolute Gasteiger partial charge is 0.174 e. The molecule has 0 saturated heterocycles. The van der Waals surface area contributed by atoms with Crippen molar-refractivity contribution in [2.45, 2.75) is 15.7 Å². The van der Waals surface area contributed by atoms with Crippen molar-refractivity contribution < 1.29 is 4.39 Å². The van der Waals surface area contributed by atoms with Gasteiger partial charge in [0.1, 0.15) is 12.1 Å². The highest BCUT2D eigenvalue weighted by Crippen LogP contribution is 2.30. The van der Waals surface area contributed by atoms with Crippen LogP contribution in [0.2, 0.25) is 0 Å². The first-order valence-corrected chi connectivity index (χ1v) is 6.31. The fraction of sp³-hybridized carbons (Fsp3) is 0.200. The average molecular weight is 255 g/mol. The third-order valence-electron chi connectivity index (χ3n) is 1.97. The van der Waals surface area contributed by atoms with Crippen LogP contribution in [-0.4, -0.2) is 15.9 Å². The van der Waals surface area contributed by atoms with Gasteiger partial charge in [-0.1, -0.05) is 17.8 Å². The van der Waals surface area contributed by atoms with E-state index in [-0.39, 0.29) is 5.82 Å². The molecule has 0 saturated carbocycles. The second-order valence-electron chi connectivity index (χ2n) is 3.11. The summed E-state index contributed by atoms with van der Waals surface area (Å²) in [6.45, 7) is 0.530. The molecule has 0 atom stereocenters. The van der Waals surface area contributed by atoms with E-state index in [0.29, 0.717) is 17.9 Å². The van der Waals surface area contributed by atoms with Crippen LogP contribution in [0.5, 0.6) is 0 Å². The summed E-state index contributed by atoms with van der Waals surface area (Å²) < 4.78 is 18.3. The quantitative estimate of drug-likeness (QED) is 0.911. The fourth-order valence-electron chi connectivity index (χ4n) is 1.25. The molecule has 0 radical (unpaired) electrons.